The molecule has 38 heavy (non-hydrogen) atoms. The maximum atomic E-state index is 13.1. The second-order valence-electron chi connectivity index (χ2n) is 9.79. The van der Waals surface area contributed by atoms with Crippen LogP contribution in [0.1, 0.15) is 45.2 Å². The standard InChI is InChI=1S/C29H33N3O5S/c1-7-12-32-23-15-24(37-6)19(13-22(23)18(2)16-29(32,3)4)14-25-27(34)31(28(35)38-25)17-26(33)30-20-8-10-21(36-5)11-9-20/h8-11,13-16H,7,12,17H2,1-6H3,(H,30,33)/b25-14+. The number of hydrogen-bond donors (Lipinski definition) is 1. The summed E-state index contributed by atoms with van der Waals surface area (Å²) in [6.45, 7) is 9.13. The van der Waals surface area contributed by atoms with Crippen LogP contribution in [0.5, 0.6) is 11.5 Å². The quantitative estimate of drug-likeness (QED) is 0.428. The van der Waals surface area contributed by atoms with Crippen molar-refractivity contribution < 1.29 is 23.9 Å². The maximum absolute atomic E-state index is 13.1. The van der Waals surface area contributed by atoms with E-state index in [1.165, 1.54) is 0 Å². The molecule has 2 aromatic rings. The number of ether oxygens (including phenoxy) is 2. The first-order chi connectivity index (χ1) is 18.1. The van der Waals surface area contributed by atoms with Gasteiger partial charge in [0.05, 0.1) is 24.7 Å². The number of allylic oxidation sites excluding steroid dienone is 1. The van der Waals surface area contributed by atoms with Gasteiger partial charge in [0, 0.05) is 35.1 Å². The highest BCUT2D eigenvalue weighted by atomic mass is 32.2. The summed E-state index contributed by atoms with van der Waals surface area (Å²) in [7, 11) is 3.15. The number of benzene rings is 2. The van der Waals surface area contributed by atoms with Crippen molar-refractivity contribution in [3.63, 3.8) is 0 Å². The van der Waals surface area contributed by atoms with Crippen LogP contribution in [-0.2, 0) is 9.59 Å². The lowest BCUT2D eigenvalue weighted by Gasteiger charge is -2.43. The van der Waals surface area contributed by atoms with Gasteiger partial charge in [-0.05, 0) is 80.9 Å². The second kappa shape index (κ2) is 10.9. The van der Waals surface area contributed by atoms with Gasteiger partial charge in [-0.15, -0.1) is 0 Å². The van der Waals surface area contributed by atoms with Crippen molar-refractivity contribution in [3.05, 3.63) is 58.5 Å². The Morgan fingerprint density at radius 1 is 1.11 bits per heavy atom. The molecule has 3 amide bonds. The Balaban J connectivity index is 1.58. The van der Waals surface area contributed by atoms with E-state index < -0.39 is 17.1 Å². The zero-order valence-electron chi connectivity index (χ0n) is 22.6. The Morgan fingerprint density at radius 2 is 1.82 bits per heavy atom. The highest BCUT2D eigenvalue weighted by Gasteiger charge is 2.37. The van der Waals surface area contributed by atoms with Crippen LogP contribution in [0, 0.1) is 0 Å². The highest BCUT2D eigenvalue weighted by Crippen LogP contribution is 2.43. The normalized spacial score (nSPS) is 17.4. The van der Waals surface area contributed by atoms with E-state index in [2.05, 4.69) is 44.0 Å². The monoisotopic (exact) mass is 535 g/mol. The van der Waals surface area contributed by atoms with Crippen molar-refractivity contribution >= 4 is 51.8 Å². The zero-order valence-corrected chi connectivity index (χ0v) is 23.4. The largest absolute Gasteiger partial charge is 0.497 e. The molecule has 2 aliphatic rings. The Kier molecular flexibility index (Phi) is 7.87. The fraction of sp³-hybridized carbons (Fsp3) is 0.345. The maximum Gasteiger partial charge on any atom is 0.294 e. The topological polar surface area (TPSA) is 88.2 Å². The third-order valence-corrected chi connectivity index (χ3v) is 7.52. The van der Waals surface area contributed by atoms with Gasteiger partial charge in [0.2, 0.25) is 5.91 Å². The number of hydrogen-bond acceptors (Lipinski definition) is 7. The number of fused-ring (bicyclic) bond motifs is 1. The van der Waals surface area contributed by atoms with E-state index in [4.69, 9.17) is 9.47 Å². The molecule has 0 atom stereocenters. The molecule has 200 valence electrons. The van der Waals surface area contributed by atoms with Crippen molar-refractivity contribution in [3.8, 4) is 11.5 Å². The lowest BCUT2D eigenvalue weighted by atomic mass is 9.87. The fourth-order valence-electron chi connectivity index (χ4n) is 4.84. The number of rotatable bonds is 8. The molecule has 0 radical (unpaired) electrons. The third-order valence-electron chi connectivity index (χ3n) is 6.61. The molecular weight excluding hydrogens is 502 g/mol. The molecule has 1 fully saturated rings. The summed E-state index contributed by atoms with van der Waals surface area (Å²) in [5.74, 6) is 0.290. The first-order valence-electron chi connectivity index (χ1n) is 12.5. The molecule has 2 aliphatic heterocycles. The van der Waals surface area contributed by atoms with Gasteiger partial charge in [-0.25, -0.2) is 0 Å². The van der Waals surface area contributed by atoms with E-state index >= 15 is 0 Å². The number of methoxy groups -OCH3 is 2. The van der Waals surface area contributed by atoms with Crippen LogP contribution in [0.15, 0.2) is 47.4 Å². The van der Waals surface area contributed by atoms with E-state index in [0.29, 0.717) is 22.7 Å². The lowest BCUT2D eigenvalue weighted by molar-refractivity contribution is -0.127. The minimum Gasteiger partial charge on any atom is -0.497 e. The Labute approximate surface area is 227 Å². The van der Waals surface area contributed by atoms with Crippen LogP contribution in [0.2, 0.25) is 0 Å². The van der Waals surface area contributed by atoms with Crippen LogP contribution in [0.3, 0.4) is 0 Å². The summed E-state index contributed by atoms with van der Waals surface area (Å²) < 4.78 is 10.8. The fourth-order valence-corrected chi connectivity index (χ4v) is 5.67. The number of carbonyl (C=O) groups is 3. The molecule has 0 bridgehead atoms. The van der Waals surface area contributed by atoms with E-state index in [9.17, 15) is 14.4 Å². The molecule has 0 aliphatic carbocycles. The number of imide groups is 1. The second-order valence-corrected chi connectivity index (χ2v) is 10.8. The van der Waals surface area contributed by atoms with Gasteiger partial charge in [0.25, 0.3) is 11.1 Å². The summed E-state index contributed by atoms with van der Waals surface area (Å²) in [6, 6.07) is 10.8. The third kappa shape index (κ3) is 5.43. The lowest BCUT2D eigenvalue weighted by Crippen LogP contribution is -2.45. The number of amides is 3. The van der Waals surface area contributed by atoms with Gasteiger partial charge in [-0.2, -0.15) is 0 Å². The molecule has 1 saturated heterocycles. The average Bonchev–Trinajstić information content (AvgIpc) is 3.13. The predicted octanol–water partition coefficient (Wildman–Crippen LogP) is 5.79. The molecule has 8 nitrogen and oxygen atoms in total. The first kappa shape index (κ1) is 27.3. The van der Waals surface area contributed by atoms with E-state index in [0.717, 1.165) is 46.5 Å². The number of thioether (sulfide) groups is 1. The number of nitrogens with zero attached hydrogens (tertiary/aromatic N) is 2. The summed E-state index contributed by atoms with van der Waals surface area (Å²) in [6.07, 6.45) is 4.91. The van der Waals surface area contributed by atoms with E-state index in [1.54, 1.807) is 44.6 Å². The zero-order chi connectivity index (χ0) is 27.6. The molecular formula is C29H33N3O5S. The van der Waals surface area contributed by atoms with Gasteiger partial charge in [0.15, 0.2) is 0 Å². The molecule has 9 heteroatoms. The molecule has 0 spiro atoms. The van der Waals surface area contributed by atoms with Gasteiger partial charge in [-0.3, -0.25) is 19.3 Å². The van der Waals surface area contributed by atoms with E-state index in [1.807, 2.05) is 12.1 Å². The van der Waals surface area contributed by atoms with Crippen molar-refractivity contribution in [2.75, 3.05) is 37.5 Å². The van der Waals surface area contributed by atoms with Crippen LogP contribution in [0.25, 0.3) is 11.6 Å². The summed E-state index contributed by atoms with van der Waals surface area (Å²) in [4.78, 5) is 41.9. The van der Waals surface area contributed by atoms with Gasteiger partial charge in [0.1, 0.15) is 18.0 Å². The SMILES string of the molecule is CCCN1c2cc(OC)c(/C=C3/SC(=O)N(CC(=O)Nc4ccc(OC)cc4)C3=O)cc2C(C)=CC1(C)C. The van der Waals surface area contributed by atoms with Crippen LogP contribution >= 0.6 is 11.8 Å². The molecule has 2 aromatic carbocycles. The molecule has 0 unspecified atom stereocenters. The van der Waals surface area contributed by atoms with Crippen molar-refractivity contribution in [1.82, 2.24) is 4.90 Å². The van der Waals surface area contributed by atoms with Crippen LogP contribution in [-0.4, -0.2) is 54.8 Å². The van der Waals surface area contributed by atoms with Gasteiger partial charge >= 0.3 is 0 Å². The van der Waals surface area contributed by atoms with Crippen molar-refractivity contribution in [2.24, 2.45) is 0 Å². The summed E-state index contributed by atoms with van der Waals surface area (Å²) in [5, 5.41) is 2.21. The predicted molar refractivity (Wildman–Crippen MR) is 153 cm³/mol. The average molecular weight is 536 g/mol. The molecule has 1 N–H and O–H groups in total. The van der Waals surface area contributed by atoms with Crippen molar-refractivity contribution in [2.45, 2.75) is 39.7 Å². The summed E-state index contributed by atoms with van der Waals surface area (Å²) >= 11 is 0.817. The molecule has 0 saturated carbocycles. The smallest absolute Gasteiger partial charge is 0.294 e. The number of carbonyl (C=O) groups excluding carboxylic acids is 3. The van der Waals surface area contributed by atoms with Crippen LogP contribution in [0.4, 0.5) is 16.2 Å². The summed E-state index contributed by atoms with van der Waals surface area (Å²) in [5.41, 5.74) is 4.37. The minimum absolute atomic E-state index is 0.144. The van der Waals surface area contributed by atoms with Gasteiger partial charge in [-0.1, -0.05) is 13.0 Å². The van der Waals surface area contributed by atoms with Gasteiger partial charge < -0.3 is 19.7 Å². The molecule has 0 aromatic heterocycles. The number of anilines is 2. The Morgan fingerprint density at radius 3 is 2.45 bits per heavy atom. The Hall–Kier alpha value is -3.72. The highest BCUT2D eigenvalue weighted by molar-refractivity contribution is 8.18. The van der Waals surface area contributed by atoms with E-state index in [-0.39, 0.29) is 17.0 Å². The number of nitrogens with one attached hydrogen (secondary N) is 1. The molecule has 4 rings (SSSR count). The van der Waals surface area contributed by atoms with Crippen LogP contribution < -0.4 is 19.7 Å². The first-order valence-corrected chi connectivity index (χ1v) is 13.3. The Bertz CT molecular complexity index is 1330. The van der Waals surface area contributed by atoms with Crippen molar-refractivity contribution in [1.29, 1.82) is 0 Å². The molecule has 2 heterocycles. The minimum atomic E-state index is -0.509.